The maximum atomic E-state index is 12.1. The van der Waals surface area contributed by atoms with E-state index in [1.807, 2.05) is 0 Å². The van der Waals surface area contributed by atoms with Crippen LogP contribution in [0.5, 0.6) is 0 Å². The molecule has 0 radical (unpaired) electrons. The largest absolute Gasteiger partial charge is 0.379 e. The maximum absolute atomic E-state index is 12.1. The molecular formula is C19H32ClN5O2S. The Morgan fingerprint density at radius 2 is 2.00 bits per heavy atom. The van der Waals surface area contributed by atoms with Crippen LogP contribution in [0.2, 0.25) is 5.15 Å². The second-order valence-electron chi connectivity index (χ2n) is 6.76. The van der Waals surface area contributed by atoms with Gasteiger partial charge in [-0.1, -0.05) is 37.2 Å². The number of morpholine rings is 1. The molecule has 1 aromatic heterocycles. The van der Waals surface area contributed by atoms with Crippen LogP contribution >= 0.6 is 23.4 Å². The number of nitrogens with one attached hydrogen (secondary N) is 1. The van der Waals surface area contributed by atoms with Crippen LogP contribution in [0.4, 0.5) is 5.82 Å². The van der Waals surface area contributed by atoms with Crippen molar-refractivity contribution in [1.82, 2.24) is 20.2 Å². The van der Waals surface area contributed by atoms with Gasteiger partial charge in [-0.25, -0.2) is 9.97 Å². The minimum atomic E-state index is -0.00363. The monoisotopic (exact) mass is 429 g/mol. The van der Waals surface area contributed by atoms with Crippen molar-refractivity contribution in [1.29, 1.82) is 0 Å². The minimum Gasteiger partial charge on any atom is -0.379 e. The third-order valence-corrected chi connectivity index (χ3v) is 5.42. The van der Waals surface area contributed by atoms with Crippen molar-refractivity contribution in [2.24, 2.45) is 0 Å². The molecule has 0 aromatic carbocycles. The van der Waals surface area contributed by atoms with Crippen molar-refractivity contribution in [3.8, 4) is 0 Å². The highest BCUT2D eigenvalue weighted by Crippen LogP contribution is 2.22. The van der Waals surface area contributed by atoms with E-state index in [0.29, 0.717) is 22.6 Å². The summed E-state index contributed by atoms with van der Waals surface area (Å²) in [4.78, 5) is 25.5. The van der Waals surface area contributed by atoms with E-state index >= 15 is 0 Å². The number of hydrogen-bond donors (Lipinski definition) is 1. The van der Waals surface area contributed by atoms with Crippen LogP contribution < -0.4 is 10.2 Å². The summed E-state index contributed by atoms with van der Waals surface area (Å²) in [6.45, 7) is 11.4. The first kappa shape index (κ1) is 23.2. The third-order valence-electron chi connectivity index (χ3n) is 4.38. The fraction of sp³-hybridized carbons (Fsp3) is 0.737. The van der Waals surface area contributed by atoms with Crippen LogP contribution in [0.25, 0.3) is 0 Å². The zero-order chi connectivity index (χ0) is 20.2. The highest BCUT2D eigenvalue weighted by molar-refractivity contribution is 7.99. The molecule has 1 aliphatic heterocycles. The van der Waals surface area contributed by atoms with Crippen LogP contribution in [-0.4, -0.2) is 79.0 Å². The number of nitrogens with zero attached hydrogens (tertiary/aromatic N) is 4. The molecule has 0 atom stereocenters. The molecule has 1 saturated heterocycles. The average molecular weight is 430 g/mol. The maximum Gasteiger partial charge on any atom is 0.230 e. The Labute approximate surface area is 177 Å². The van der Waals surface area contributed by atoms with Gasteiger partial charge in [0.05, 0.1) is 19.0 Å². The van der Waals surface area contributed by atoms with Gasteiger partial charge in [0, 0.05) is 38.8 Å². The van der Waals surface area contributed by atoms with Crippen molar-refractivity contribution >= 4 is 35.1 Å². The molecule has 1 fully saturated rings. The van der Waals surface area contributed by atoms with E-state index in [2.05, 4.69) is 38.9 Å². The summed E-state index contributed by atoms with van der Waals surface area (Å²) < 4.78 is 5.34. The molecule has 1 amide bonds. The van der Waals surface area contributed by atoms with E-state index in [1.54, 1.807) is 6.07 Å². The van der Waals surface area contributed by atoms with Crippen molar-refractivity contribution in [2.75, 3.05) is 63.1 Å². The van der Waals surface area contributed by atoms with Gasteiger partial charge < -0.3 is 15.0 Å². The first-order valence-corrected chi connectivity index (χ1v) is 11.5. The molecule has 0 unspecified atom stereocenters. The van der Waals surface area contributed by atoms with Gasteiger partial charge in [-0.3, -0.25) is 9.69 Å². The molecule has 1 aromatic rings. The van der Waals surface area contributed by atoms with E-state index in [1.165, 1.54) is 11.8 Å². The highest BCUT2D eigenvalue weighted by Gasteiger charge is 2.13. The smallest absolute Gasteiger partial charge is 0.230 e. The summed E-state index contributed by atoms with van der Waals surface area (Å²) in [5, 5.41) is 3.93. The highest BCUT2D eigenvalue weighted by atomic mass is 35.5. The van der Waals surface area contributed by atoms with Gasteiger partial charge in [-0.2, -0.15) is 0 Å². The average Bonchev–Trinajstić information content (AvgIpc) is 2.70. The summed E-state index contributed by atoms with van der Waals surface area (Å²) in [6.07, 6.45) is 3.02. The lowest BCUT2D eigenvalue weighted by atomic mass is 10.3. The molecule has 0 saturated carbocycles. The van der Waals surface area contributed by atoms with Crippen molar-refractivity contribution in [2.45, 2.75) is 38.3 Å². The van der Waals surface area contributed by atoms with Crippen LogP contribution in [0, 0.1) is 0 Å². The van der Waals surface area contributed by atoms with Crippen LogP contribution in [0.1, 0.15) is 33.1 Å². The number of hydrogen-bond acceptors (Lipinski definition) is 7. The summed E-state index contributed by atoms with van der Waals surface area (Å²) in [7, 11) is 0. The molecule has 28 heavy (non-hydrogen) atoms. The van der Waals surface area contributed by atoms with Gasteiger partial charge in [0.25, 0.3) is 0 Å². The predicted molar refractivity (Wildman–Crippen MR) is 115 cm³/mol. The summed E-state index contributed by atoms with van der Waals surface area (Å²) in [5.74, 6) is 1.12. The zero-order valence-electron chi connectivity index (χ0n) is 17.0. The van der Waals surface area contributed by atoms with Gasteiger partial charge >= 0.3 is 0 Å². The number of carbonyl (C=O) groups is 1. The normalized spacial score (nSPS) is 14.8. The van der Waals surface area contributed by atoms with Gasteiger partial charge in [0.2, 0.25) is 5.91 Å². The summed E-state index contributed by atoms with van der Waals surface area (Å²) in [5.41, 5.74) is 0. The number of thioether (sulfide) groups is 1. The van der Waals surface area contributed by atoms with E-state index < -0.39 is 0 Å². The van der Waals surface area contributed by atoms with Crippen LogP contribution in [0.15, 0.2) is 11.2 Å². The topological polar surface area (TPSA) is 70.6 Å². The fourth-order valence-corrected chi connectivity index (χ4v) is 3.94. The van der Waals surface area contributed by atoms with E-state index in [0.717, 1.165) is 71.0 Å². The van der Waals surface area contributed by atoms with E-state index in [4.69, 9.17) is 16.3 Å². The van der Waals surface area contributed by atoms with Crippen molar-refractivity contribution in [3.05, 3.63) is 11.2 Å². The van der Waals surface area contributed by atoms with E-state index in [-0.39, 0.29) is 5.91 Å². The molecule has 9 heteroatoms. The van der Waals surface area contributed by atoms with Crippen LogP contribution in [-0.2, 0) is 9.53 Å². The Morgan fingerprint density at radius 3 is 2.68 bits per heavy atom. The molecule has 0 spiro atoms. The molecular weight excluding hydrogens is 398 g/mol. The Balaban J connectivity index is 1.75. The molecule has 2 heterocycles. The number of ether oxygens (including phenoxy) is 1. The Bertz CT molecular complexity index is 596. The fourth-order valence-electron chi connectivity index (χ4n) is 3.03. The number of anilines is 1. The summed E-state index contributed by atoms with van der Waals surface area (Å²) in [6, 6.07) is 1.79. The molecule has 158 valence electrons. The lowest BCUT2D eigenvalue weighted by Gasteiger charge is -2.26. The zero-order valence-corrected chi connectivity index (χ0v) is 18.5. The third kappa shape index (κ3) is 8.51. The number of carbonyl (C=O) groups excluding carboxylic acids is 1. The standard InChI is InChI=1S/C19H32ClN5O2S/c1-3-7-25(8-4-2)17-14-16(20)22-19(23-17)28-15-18(26)21-6-5-9-24-10-12-27-13-11-24/h14H,3-13,15H2,1-2H3,(H,21,26). The minimum absolute atomic E-state index is 0.00363. The predicted octanol–water partition coefficient (Wildman–Crippen LogP) is 2.69. The first-order chi connectivity index (χ1) is 13.6. The van der Waals surface area contributed by atoms with E-state index in [9.17, 15) is 4.79 Å². The Kier molecular flexibility index (Phi) is 10.9. The van der Waals surface area contributed by atoms with Crippen LogP contribution in [0.3, 0.4) is 0 Å². The Hall–Kier alpha value is -1.09. The first-order valence-electron chi connectivity index (χ1n) is 10.1. The quantitative estimate of drug-likeness (QED) is 0.237. The molecule has 0 bridgehead atoms. The molecule has 1 aliphatic rings. The van der Waals surface area contributed by atoms with Gasteiger partial charge in [-0.05, 0) is 25.8 Å². The number of rotatable bonds is 12. The molecule has 1 N–H and O–H groups in total. The lowest BCUT2D eigenvalue weighted by molar-refractivity contribution is -0.118. The van der Waals surface area contributed by atoms with Gasteiger partial charge in [-0.15, -0.1) is 0 Å². The molecule has 7 nitrogen and oxygen atoms in total. The Morgan fingerprint density at radius 1 is 1.29 bits per heavy atom. The van der Waals surface area contributed by atoms with Gasteiger partial charge in [0.15, 0.2) is 5.16 Å². The molecule has 2 rings (SSSR count). The number of halogens is 1. The second-order valence-corrected chi connectivity index (χ2v) is 8.09. The summed E-state index contributed by atoms with van der Waals surface area (Å²) >= 11 is 7.50. The number of aromatic nitrogens is 2. The van der Waals surface area contributed by atoms with Crippen molar-refractivity contribution in [3.63, 3.8) is 0 Å². The number of amides is 1. The lowest BCUT2D eigenvalue weighted by Crippen LogP contribution is -2.38. The van der Waals surface area contributed by atoms with Gasteiger partial charge in [0.1, 0.15) is 11.0 Å². The van der Waals surface area contributed by atoms with Crippen molar-refractivity contribution < 1.29 is 9.53 Å². The SMILES string of the molecule is CCCN(CCC)c1cc(Cl)nc(SCC(=O)NCCCN2CCOCC2)n1. The molecule has 0 aliphatic carbocycles. The second kappa shape index (κ2) is 13.2.